The summed E-state index contributed by atoms with van der Waals surface area (Å²) in [5, 5.41) is 1.79. The van der Waals surface area contributed by atoms with Gasteiger partial charge in [-0.2, -0.15) is 0 Å². The summed E-state index contributed by atoms with van der Waals surface area (Å²) in [5.41, 5.74) is -0.0937. The van der Waals surface area contributed by atoms with E-state index < -0.39 is 5.69 Å². The molecule has 24 heavy (non-hydrogen) atoms. The molecule has 0 aliphatic rings. The monoisotopic (exact) mass is 351 g/mol. The molecular weight excluding hydrogens is 326 g/mol. The first-order valence-corrected chi connectivity index (χ1v) is 9.41. The maximum atomic E-state index is 12.7. The summed E-state index contributed by atoms with van der Waals surface area (Å²) in [7, 11) is 0. The fourth-order valence-electron chi connectivity index (χ4n) is 2.75. The summed E-state index contributed by atoms with van der Waals surface area (Å²) in [6.07, 6.45) is 2.65. The van der Waals surface area contributed by atoms with E-state index >= 15 is 0 Å². The Balaban J connectivity index is 2.44. The van der Waals surface area contributed by atoms with E-state index in [1.807, 2.05) is 13.8 Å². The van der Waals surface area contributed by atoms with Crippen LogP contribution in [0, 0.1) is 0 Å². The summed E-state index contributed by atoms with van der Waals surface area (Å²) < 4.78 is 3.22. The van der Waals surface area contributed by atoms with Crippen molar-refractivity contribution in [3.8, 4) is 0 Å². The number of nitrogens with zero attached hydrogens (tertiary/aromatic N) is 3. The zero-order chi connectivity index (χ0) is 17.7. The molecule has 0 aliphatic carbocycles. The summed E-state index contributed by atoms with van der Waals surface area (Å²) in [5.74, 6) is -0.0813. The normalized spacial score (nSPS) is 11.1. The lowest BCUT2D eigenvalue weighted by Crippen LogP contribution is -2.43. The van der Waals surface area contributed by atoms with Crippen molar-refractivity contribution >= 4 is 27.5 Å². The van der Waals surface area contributed by atoms with Crippen LogP contribution in [0.4, 0.5) is 0 Å². The highest BCUT2D eigenvalue weighted by Gasteiger charge is 2.18. The fourth-order valence-corrected chi connectivity index (χ4v) is 3.59. The van der Waals surface area contributed by atoms with Gasteiger partial charge in [0.1, 0.15) is 11.2 Å². The molecule has 2 aromatic rings. The van der Waals surface area contributed by atoms with Crippen molar-refractivity contribution in [3.05, 3.63) is 32.3 Å². The Morgan fingerprint density at radius 2 is 1.92 bits per heavy atom. The molecule has 0 aromatic carbocycles. The summed E-state index contributed by atoms with van der Waals surface area (Å²) in [4.78, 5) is 39.5. The number of thiophene rings is 1. The van der Waals surface area contributed by atoms with Crippen LogP contribution in [0.1, 0.15) is 40.0 Å². The second kappa shape index (κ2) is 8.28. The van der Waals surface area contributed by atoms with E-state index in [1.54, 1.807) is 16.3 Å². The first-order valence-electron chi connectivity index (χ1n) is 8.53. The summed E-state index contributed by atoms with van der Waals surface area (Å²) in [6.45, 7) is 7.61. The number of carbonyl (C=O) groups excluding carboxylic acids is 1. The number of hydrogen-bond acceptors (Lipinski definition) is 4. The highest BCUT2D eigenvalue weighted by molar-refractivity contribution is 7.17. The number of likely N-dealkylation sites (N-methyl/N-ethyl adjacent to an activating group) is 1. The van der Waals surface area contributed by atoms with Crippen molar-refractivity contribution in [3.63, 3.8) is 0 Å². The number of hydrogen-bond donors (Lipinski definition) is 0. The van der Waals surface area contributed by atoms with Gasteiger partial charge in [-0.25, -0.2) is 4.79 Å². The van der Waals surface area contributed by atoms with Crippen molar-refractivity contribution in [2.45, 2.75) is 53.1 Å². The maximum Gasteiger partial charge on any atom is 0.332 e. The van der Waals surface area contributed by atoms with Crippen molar-refractivity contribution in [1.82, 2.24) is 14.0 Å². The van der Waals surface area contributed by atoms with Gasteiger partial charge in [0.2, 0.25) is 5.91 Å². The molecule has 132 valence electrons. The Labute approximate surface area is 145 Å². The molecule has 0 saturated carbocycles. The molecule has 7 heteroatoms. The molecule has 2 heterocycles. The van der Waals surface area contributed by atoms with Crippen LogP contribution < -0.4 is 11.2 Å². The molecule has 0 bridgehead atoms. The zero-order valence-corrected chi connectivity index (χ0v) is 15.4. The topological polar surface area (TPSA) is 64.3 Å². The van der Waals surface area contributed by atoms with Gasteiger partial charge >= 0.3 is 5.69 Å². The molecule has 1 amide bonds. The number of fused-ring (bicyclic) bond motifs is 1. The maximum absolute atomic E-state index is 12.7. The van der Waals surface area contributed by atoms with Gasteiger partial charge in [0, 0.05) is 19.6 Å². The summed E-state index contributed by atoms with van der Waals surface area (Å²) >= 11 is 1.31. The average Bonchev–Trinajstić information content (AvgIpc) is 3.06. The molecule has 0 aliphatic heterocycles. The van der Waals surface area contributed by atoms with Gasteiger partial charge in [-0.15, -0.1) is 11.3 Å². The van der Waals surface area contributed by atoms with E-state index in [1.165, 1.54) is 20.5 Å². The molecule has 0 atom stereocenters. The Morgan fingerprint density at radius 3 is 2.54 bits per heavy atom. The molecule has 0 saturated heterocycles. The third-order valence-corrected chi connectivity index (χ3v) is 4.98. The van der Waals surface area contributed by atoms with E-state index in [9.17, 15) is 14.4 Å². The van der Waals surface area contributed by atoms with Crippen LogP contribution in [0.25, 0.3) is 10.2 Å². The molecule has 0 fully saturated rings. The van der Waals surface area contributed by atoms with Gasteiger partial charge < -0.3 is 4.90 Å². The Hall–Kier alpha value is -1.89. The van der Waals surface area contributed by atoms with Crippen molar-refractivity contribution in [2.75, 3.05) is 13.1 Å². The molecule has 6 nitrogen and oxygen atoms in total. The smallest absolute Gasteiger partial charge is 0.332 e. The molecule has 0 spiro atoms. The average molecular weight is 351 g/mol. The van der Waals surface area contributed by atoms with Gasteiger partial charge in [-0.05, 0) is 31.2 Å². The number of amides is 1. The van der Waals surface area contributed by atoms with E-state index in [4.69, 9.17) is 0 Å². The van der Waals surface area contributed by atoms with Crippen molar-refractivity contribution in [2.24, 2.45) is 0 Å². The Kier molecular flexibility index (Phi) is 6.36. The van der Waals surface area contributed by atoms with Crippen LogP contribution in [0.5, 0.6) is 0 Å². The Bertz CT molecular complexity index is 819. The minimum absolute atomic E-state index is 0.0202. The molecule has 2 rings (SSSR count). The number of unbranched alkanes of at least 4 members (excludes halogenated alkanes) is 1. The predicted molar refractivity (Wildman–Crippen MR) is 97.8 cm³/mol. The number of carbonyl (C=O) groups is 1. The molecule has 0 unspecified atom stereocenters. The lowest BCUT2D eigenvalue weighted by Gasteiger charge is -2.21. The van der Waals surface area contributed by atoms with E-state index in [0.29, 0.717) is 36.3 Å². The van der Waals surface area contributed by atoms with E-state index in [2.05, 4.69) is 6.92 Å². The molecule has 0 radical (unpaired) electrons. The standard InChI is InChI=1S/C17H25N3O3S/c1-4-7-10-18(6-3)14(21)12-20-13-8-11-24-15(13)16(22)19(9-5-2)17(20)23/h8,11H,4-7,9-10,12H2,1-3H3. The highest BCUT2D eigenvalue weighted by Crippen LogP contribution is 2.15. The van der Waals surface area contributed by atoms with Crippen molar-refractivity contribution in [1.29, 1.82) is 0 Å². The molecular formula is C17H25N3O3S. The van der Waals surface area contributed by atoms with Crippen LogP contribution in [0.2, 0.25) is 0 Å². The van der Waals surface area contributed by atoms with Gasteiger partial charge in [0.05, 0.1) is 5.52 Å². The zero-order valence-electron chi connectivity index (χ0n) is 14.6. The van der Waals surface area contributed by atoms with E-state index in [0.717, 1.165) is 12.8 Å². The minimum Gasteiger partial charge on any atom is -0.341 e. The highest BCUT2D eigenvalue weighted by atomic mass is 32.1. The van der Waals surface area contributed by atoms with Gasteiger partial charge in [-0.3, -0.25) is 18.7 Å². The second-order valence-electron chi connectivity index (χ2n) is 5.79. The SMILES string of the molecule is CCCCN(CC)C(=O)Cn1c(=O)n(CCC)c(=O)c2sccc21. The minimum atomic E-state index is -0.396. The predicted octanol–water partition coefficient (Wildman–Crippen LogP) is 2.28. The van der Waals surface area contributed by atoms with Crippen LogP contribution in [0.15, 0.2) is 21.0 Å². The number of aromatic nitrogens is 2. The van der Waals surface area contributed by atoms with Crippen molar-refractivity contribution < 1.29 is 4.79 Å². The Morgan fingerprint density at radius 1 is 1.17 bits per heavy atom. The molecule has 0 N–H and O–H groups in total. The van der Waals surface area contributed by atoms with Crippen LogP contribution in [0.3, 0.4) is 0 Å². The first kappa shape index (κ1) is 18.4. The lowest BCUT2D eigenvalue weighted by molar-refractivity contribution is -0.131. The lowest BCUT2D eigenvalue weighted by atomic mass is 10.3. The van der Waals surface area contributed by atoms with Crippen LogP contribution in [-0.2, 0) is 17.9 Å². The third kappa shape index (κ3) is 3.61. The number of rotatable bonds is 8. The quantitative estimate of drug-likeness (QED) is 0.733. The van der Waals surface area contributed by atoms with Crippen LogP contribution in [-0.4, -0.2) is 33.0 Å². The van der Waals surface area contributed by atoms with Gasteiger partial charge in [0.15, 0.2) is 0 Å². The largest absolute Gasteiger partial charge is 0.341 e. The van der Waals surface area contributed by atoms with Crippen LogP contribution >= 0.6 is 11.3 Å². The third-order valence-electron chi connectivity index (χ3n) is 4.09. The summed E-state index contributed by atoms with van der Waals surface area (Å²) in [6, 6.07) is 1.74. The first-order chi connectivity index (χ1) is 11.5. The van der Waals surface area contributed by atoms with Gasteiger partial charge in [0.25, 0.3) is 5.56 Å². The fraction of sp³-hybridized carbons (Fsp3) is 0.588. The second-order valence-corrected chi connectivity index (χ2v) is 6.70. The van der Waals surface area contributed by atoms with E-state index in [-0.39, 0.29) is 18.0 Å². The van der Waals surface area contributed by atoms with Gasteiger partial charge in [-0.1, -0.05) is 20.3 Å². The molecule has 2 aromatic heterocycles.